The van der Waals surface area contributed by atoms with Crippen molar-refractivity contribution in [1.82, 2.24) is 15.5 Å². The molecule has 1 spiro atoms. The van der Waals surface area contributed by atoms with Crippen LogP contribution in [0.25, 0.3) is 0 Å². The van der Waals surface area contributed by atoms with Crippen molar-refractivity contribution in [3.8, 4) is 0 Å². The van der Waals surface area contributed by atoms with E-state index in [0.29, 0.717) is 23.8 Å². The van der Waals surface area contributed by atoms with Crippen molar-refractivity contribution < 1.29 is 14.4 Å². The highest BCUT2D eigenvalue weighted by Crippen LogP contribution is 2.46. The number of carbonyl (C=O) groups excluding carboxylic acids is 3. The Morgan fingerprint density at radius 2 is 2.07 bits per heavy atom. The van der Waals surface area contributed by atoms with Crippen LogP contribution in [0.5, 0.6) is 0 Å². The van der Waals surface area contributed by atoms with E-state index < -0.39 is 11.6 Å². The number of hydrogen-bond donors (Lipinski definition) is 2. The number of nitrogens with one attached hydrogen (secondary N) is 2. The normalized spacial score (nSPS) is 27.6. The van der Waals surface area contributed by atoms with Crippen molar-refractivity contribution in [2.24, 2.45) is 11.3 Å². The number of rotatable bonds is 4. The number of urea groups is 1. The molecule has 4 amide bonds. The Bertz CT molecular complexity index is 810. The Morgan fingerprint density at radius 3 is 2.71 bits per heavy atom. The van der Waals surface area contributed by atoms with Gasteiger partial charge in [-0.1, -0.05) is 44.5 Å². The zero-order valence-corrected chi connectivity index (χ0v) is 17.6. The Balaban J connectivity index is 1.68. The van der Waals surface area contributed by atoms with E-state index in [4.69, 9.17) is 11.6 Å². The summed E-state index contributed by atoms with van der Waals surface area (Å²) in [5.74, 6) is -0.344. The van der Waals surface area contributed by atoms with Gasteiger partial charge >= 0.3 is 6.03 Å². The molecule has 0 bridgehead atoms. The van der Waals surface area contributed by atoms with Gasteiger partial charge in [-0.25, -0.2) is 4.79 Å². The first-order chi connectivity index (χ1) is 13.0. The SMILES string of the molecule is C[C@H]1CC(C)(C)C[C@]2(C1)NC(=O)N(CC(=O)N[C@@H](C)c1cccc(Cl)c1)C2=O. The lowest BCUT2D eigenvalue weighted by molar-refractivity contribution is -0.137. The lowest BCUT2D eigenvalue weighted by Crippen LogP contribution is -2.54. The molecule has 1 saturated heterocycles. The predicted molar refractivity (Wildman–Crippen MR) is 108 cm³/mol. The molecular formula is C21H28ClN3O3. The van der Waals surface area contributed by atoms with Crippen LogP contribution in [-0.2, 0) is 9.59 Å². The van der Waals surface area contributed by atoms with Crippen molar-refractivity contribution >= 4 is 29.4 Å². The van der Waals surface area contributed by atoms with E-state index in [0.717, 1.165) is 16.9 Å². The van der Waals surface area contributed by atoms with Crippen LogP contribution in [-0.4, -0.2) is 34.8 Å². The van der Waals surface area contributed by atoms with Gasteiger partial charge in [-0.2, -0.15) is 0 Å². The van der Waals surface area contributed by atoms with Crippen molar-refractivity contribution in [3.63, 3.8) is 0 Å². The summed E-state index contributed by atoms with van der Waals surface area (Å²) in [7, 11) is 0. The molecule has 3 atom stereocenters. The fourth-order valence-electron chi connectivity index (χ4n) is 4.94. The molecule has 1 aromatic rings. The maximum atomic E-state index is 13.1. The van der Waals surface area contributed by atoms with Crippen molar-refractivity contribution in [1.29, 1.82) is 0 Å². The van der Waals surface area contributed by atoms with Gasteiger partial charge in [0.2, 0.25) is 5.91 Å². The Labute approximate surface area is 171 Å². The number of hydrogen-bond acceptors (Lipinski definition) is 3. The molecule has 152 valence electrons. The van der Waals surface area contributed by atoms with E-state index in [2.05, 4.69) is 31.4 Å². The highest BCUT2D eigenvalue weighted by molar-refractivity contribution is 6.30. The number of halogens is 1. The van der Waals surface area contributed by atoms with E-state index in [1.165, 1.54) is 0 Å². The number of nitrogens with zero attached hydrogens (tertiary/aromatic N) is 1. The maximum Gasteiger partial charge on any atom is 0.325 e. The highest BCUT2D eigenvalue weighted by atomic mass is 35.5. The van der Waals surface area contributed by atoms with E-state index >= 15 is 0 Å². The van der Waals surface area contributed by atoms with Gasteiger partial charge in [0.1, 0.15) is 12.1 Å². The zero-order chi connectivity index (χ0) is 20.7. The Kier molecular flexibility index (Phi) is 5.45. The van der Waals surface area contributed by atoms with Crippen LogP contribution >= 0.6 is 11.6 Å². The Hall–Kier alpha value is -2.08. The predicted octanol–water partition coefficient (Wildman–Crippen LogP) is 3.65. The minimum atomic E-state index is -0.892. The second-order valence-electron chi connectivity index (χ2n) is 9.10. The Morgan fingerprint density at radius 1 is 1.36 bits per heavy atom. The van der Waals surface area contributed by atoms with E-state index in [1.54, 1.807) is 12.1 Å². The van der Waals surface area contributed by atoms with Gasteiger partial charge in [-0.05, 0) is 55.2 Å². The highest BCUT2D eigenvalue weighted by Gasteiger charge is 2.56. The molecule has 1 heterocycles. The fourth-order valence-corrected chi connectivity index (χ4v) is 5.14. The molecule has 2 aliphatic rings. The summed E-state index contributed by atoms with van der Waals surface area (Å²) >= 11 is 6.00. The average Bonchev–Trinajstić information content (AvgIpc) is 2.76. The molecule has 2 N–H and O–H groups in total. The molecule has 1 aliphatic heterocycles. The smallest absolute Gasteiger partial charge is 0.325 e. The second-order valence-corrected chi connectivity index (χ2v) is 9.54. The first kappa shape index (κ1) is 20.6. The molecule has 0 unspecified atom stereocenters. The third-order valence-corrected chi connectivity index (χ3v) is 5.89. The van der Waals surface area contributed by atoms with Crippen LogP contribution in [0.1, 0.15) is 58.6 Å². The molecule has 1 saturated carbocycles. The standard InChI is InChI=1S/C21H28ClN3O3/c1-13-9-20(3,4)12-21(10-13)18(27)25(19(28)24-21)11-17(26)23-14(2)15-6-5-7-16(22)8-15/h5-8,13-14H,9-12H2,1-4H3,(H,23,26)(H,24,28)/t13-,14-,21-/m0/s1. The summed E-state index contributed by atoms with van der Waals surface area (Å²) in [5, 5.41) is 6.32. The van der Waals surface area contributed by atoms with Crippen molar-refractivity contribution in [2.45, 2.75) is 58.5 Å². The molecule has 0 aromatic heterocycles. The van der Waals surface area contributed by atoms with Crippen LogP contribution < -0.4 is 10.6 Å². The van der Waals surface area contributed by atoms with Gasteiger partial charge in [0, 0.05) is 5.02 Å². The molecule has 28 heavy (non-hydrogen) atoms. The first-order valence-corrected chi connectivity index (χ1v) is 10.1. The average molecular weight is 406 g/mol. The molecule has 3 rings (SSSR count). The van der Waals surface area contributed by atoms with Crippen LogP contribution in [0.2, 0.25) is 5.02 Å². The van der Waals surface area contributed by atoms with Crippen molar-refractivity contribution in [2.75, 3.05) is 6.54 Å². The summed E-state index contributed by atoms with van der Waals surface area (Å²) in [5.41, 5.74) is -0.0748. The van der Waals surface area contributed by atoms with Gasteiger partial charge in [0.25, 0.3) is 5.91 Å². The third kappa shape index (κ3) is 4.17. The zero-order valence-electron chi connectivity index (χ0n) is 16.8. The second kappa shape index (κ2) is 7.39. The van der Waals surface area contributed by atoms with Crippen molar-refractivity contribution in [3.05, 3.63) is 34.9 Å². The van der Waals surface area contributed by atoms with E-state index in [9.17, 15) is 14.4 Å². The minimum absolute atomic E-state index is 0.0417. The number of benzene rings is 1. The molecule has 0 radical (unpaired) electrons. The van der Waals surface area contributed by atoms with Gasteiger partial charge < -0.3 is 10.6 Å². The van der Waals surface area contributed by atoms with Gasteiger partial charge in [0.05, 0.1) is 6.04 Å². The molecule has 1 aromatic carbocycles. The quantitative estimate of drug-likeness (QED) is 0.750. The maximum absolute atomic E-state index is 13.1. The van der Waals surface area contributed by atoms with Crippen LogP contribution in [0.3, 0.4) is 0 Å². The van der Waals surface area contributed by atoms with Crippen LogP contribution in [0.4, 0.5) is 4.79 Å². The van der Waals surface area contributed by atoms with Crippen LogP contribution in [0, 0.1) is 11.3 Å². The molecular weight excluding hydrogens is 378 g/mol. The topological polar surface area (TPSA) is 78.5 Å². The molecule has 7 heteroatoms. The monoisotopic (exact) mass is 405 g/mol. The summed E-state index contributed by atoms with van der Waals surface area (Å²) in [4.78, 5) is 39.2. The molecule has 6 nitrogen and oxygen atoms in total. The third-order valence-electron chi connectivity index (χ3n) is 5.65. The van der Waals surface area contributed by atoms with Gasteiger partial charge in [0.15, 0.2) is 0 Å². The lowest BCUT2D eigenvalue weighted by atomic mass is 9.64. The summed E-state index contributed by atoms with van der Waals surface area (Å²) in [6.07, 6.45) is 2.21. The molecule has 1 aliphatic carbocycles. The van der Waals surface area contributed by atoms with E-state index in [-0.39, 0.29) is 29.8 Å². The van der Waals surface area contributed by atoms with Crippen LogP contribution in [0.15, 0.2) is 24.3 Å². The number of amides is 4. The first-order valence-electron chi connectivity index (χ1n) is 9.70. The lowest BCUT2D eigenvalue weighted by Gasteiger charge is -2.43. The summed E-state index contributed by atoms with van der Waals surface area (Å²) in [6, 6.07) is 6.45. The summed E-state index contributed by atoms with van der Waals surface area (Å²) < 4.78 is 0. The minimum Gasteiger partial charge on any atom is -0.348 e. The van der Waals surface area contributed by atoms with Gasteiger partial charge in [-0.3, -0.25) is 14.5 Å². The molecule has 2 fully saturated rings. The number of imide groups is 1. The fraction of sp³-hybridized carbons (Fsp3) is 0.571. The number of carbonyl (C=O) groups is 3. The largest absolute Gasteiger partial charge is 0.348 e. The van der Waals surface area contributed by atoms with E-state index in [1.807, 2.05) is 19.1 Å². The van der Waals surface area contributed by atoms with Gasteiger partial charge in [-0.15, -0.1) is 0 Å². The summed E-state index contributed by atoms with van der Waals surface area (Å²) in [6.45, 7) is 7.89.